The summed E-state index contributed by atoms with van der Waals surface area (Å²) in [5.74, 6) is 2.44. The number of hydrazine groups is 1. The van der Waals surface area contributed by atoms with Gasteiger partial charge in [0.1, 0.15) is 5.75 Å². The van der Waals surface area contributed by atoms with Crippen LogP contribution in [0.3, 0.4) is 0 Å². The fourth-order valence-electron chi connectivity index (χ4n) is 4.21. The van der Waals surface area contributed by atoms with Crippen molar-refractivity contribution in [2.75, 3.05) is 26.7 Å². The lowest BCUT2D eigenvalue weighted by atomic mass is 9.88. The van der Waals surface area contributed by atoms with E-state index in [4.69, 9.17) is 4.74 Å². The first-order valence-corrected chi connectivity index (χ1v) is 9.05. The molecule has 0 radical (unpaired) electrons. The van der Waals surface area contributed by atoms with Crippen molar-refractivity contribution in [1.82, 2.24) is 15.8 Å². The third-order valence-corrected chi connectivity index (χ3v) is 5.77. The van der Waals surface area contributed by atoms with Gasteiger partial charge in [0.05, 0.1) is 7.11 Å². The summed E-state index contributed by atoms with van der Waals surface area (Å²) in [6.07, 6.45) is 3.76. The summed E-state index contributed by atoms with van der Waals surface area (Å²) in [5.41, 5.74) is 8.12. The molecule has 0 amide bonds. The van der Waals surface area contributed by atoms with E-state index in [0.717, 1.165) is 11.7 Å². The van der Waals surface area contributed by atoms with Crippen LogP contribution in [0.25, 0.3) is 0 Å². The van der Waals surface area contributed by atoms with E-state index < -0.39 is 0 Å². The van der Waals surface area contributed by atoms with Crippen LogP contribution >= 0.6 is 0 Å². The summed E-state index contributed by atoms with van der Waals surface area (Å²) in [6.45, 7) is 8.21. The van der Waals surface area contributed by atoms with E-state index in [1.807, 2.05) is 0 Å². The molecule has 2 aliphatic rings. The number of nitrogens with zero attached hydrogens (tertiary/aromatic N) is 1. The van der Waals surface area contributed by atoms with Crippen LogP contribution in [0.2, 0.25) is 0 Å². The predicted octanol–water partition coefficient (Wildman–Crippen LogP) is 2.77. The van der Waals surface area contributed by atoms with Crippen molar-refractivity contribution in [2.45, 2.75) is 51.1 Å². The number of piperidine rings is 1. The molecule has 2 fully saturated rings. The highest BCUT2D eigenvalue weighted by molar-refractivity contribution is 5.36. The van der Waals surface area contributed by atoms with E-state index in [2.05, 4.69) is 53.9 Å². The standard InChI is InChI=1S/C19H31N3O/c1-14-17(15(2)21-20-14)10-13-22-11-8-16(9-12-22)18-6-4-5-7-19(18)23-3/h4-7,14-17,20-21H,8-13H2,1-3H3. The highest BCUT2D eigenvalue weighted by atomic mass is 16.5. The van der Waals surface area contributed by atoms with Crippen LogP contribution in [0, 0.1) is 5.92 Å². The van der Waals surface area contributed by atoms with Gasteiger partial charge in [-0.1, -0.05) is 18.2 Å². The van der Waals surface area contributed by atoms with Crippen molar-refractivity contribution in [3.8, 4) is 5.75 Å². The van der Waals surface area contributed by atoms with Crippen molar-refractivity contribution in [2.24, 2.45) is 5.92 Å². The molecule has 2 unspecified atom stereocenters. The number of ether oxygens (including phenoxy) is 1. The van der Waals surface area contributed by atoms with Crippen LogP contribution in [-0.4, -0.2) is 43.7 Å². The molecular formula is C19H31N3O. The number of likely N-dealkylation sites (tertiary alicyclic amines) is 1. The van der Waals surface area contributed by atoms with Crippen LogP contribution in [-0.2, 0) is 0 Å². The summed E-state index contributed by atoms with van der Waals surface area (Å²) >= 11 is 0. The third kappa shape index (κ3) is 3.87. The first-order chi connectivity index (χ1) is 11.2. The predicted molar refractivity (Wildman–Crippen MR) is 94.7 cm³/mol. The molecule has 2 heterocycles. The normalized spacial score (nSPS) is 29.8. The lowest BCUT2D eigenvalue weighted by molar-refractivity contribution is 0.193. The Bertz CT molecular complexity index is 489. The van der Waals surface area contributed by atoms with E-state index in [-0.39, 0.29) is 0 Å². The Morgan fingerprint density at radius 3 is 2.39 bits per heavy atom. The molecule has 4 heteroatoms. The molecule has 128 valence electrons. The number of hydrogen-bond acceptors (Lipinski definition) is 4. The lowest BCUT2D eigenvalue weighted by Gasteiger charge is -2.33. The van der Waals surface area contributed by atoms with E-state index in [9.17, 15) is 0 Å². The minimum atomic E-state index is 0.580. The molecule has 3 rings (SSSR count). The van der Waals surface area contributed by atoms with Gasteiger partial charge in [-0.15, -0.1) is 0 Å². The minimum absolute atomic E-state index is 0.580. The zero-order valence-electron chi connectivity index (χ0n) is 14.7. The maximum absolute atomic E-state index is 5.54. The van der Waals surface area contributed by atoms with Crippen molar-refractivity contribution < 1.29 is 4.74 Å². The molecule has 2 atom stereocenters. The fourth-order valence-corrected chi connectivity index (χ4v) is 4.21. The van der Waals surface area contributed by atoms with Gasteiger partial charge in [0, 0.05) is 12.1 Å². The van der Waals surface area contributed by atoms with Gasteiger partial charge >= 0.3 is 0 Å². The van der Waals surface area contributed by atoms with Gasteiger partial charge in [0.15, 0.2) is 0 Å². The Labute approximate surface area is 140 Å². The maximum atomic E-state index is 5.54. The van der Waals surface area contributed by atoms with Gasteiger partial charge in [-0.25, -0.2) is 0 Å². The van der Waals surface area contributed by atoms with E-state index in [1.165, 1.54) is 44.5 Å². The average Bonchev–Trinajstić information content (AvgIpc) is 2.92. The molecule has 2 saturated heterocycles. The number of hydrogen-bond donors (Lipinski definition) is 2. The highest BCUT2D eigenvalue weighted by Crippen LogP contribution is 2.34. The fraction of sp³-hybridized carbons (Fsp3) is 0.684. The Hall–Kier alpha value is -1.10. The Balaban J connectivity index is 1.49. The second-order valence-corrected chi connectivity index (χ2v) is 7.18. The summed E-state index contributed by atoms with van der Waals surface area (Å²) in [6, 6.07) is 9.67. The molecular weight excluding hydrogens is 286 g/mol. The molecule has 1 aromatic rings. The topological polar surface area (TPSA) is 36.5 Å². The van der Waals surface area contributed by atoms with Gasteiger partial charge in [-0.2, -0.15) is 0 Å². The summed E-state index contributed by atoms with van der Waals surface area (Å²) in [7, 11) is 1.78. The largest absolute Gasteiger partial charge is 0.496 e. The SMILES string of the molecule is COc1ccccc1C1CCN(CCC2C(C)NNC2C)CC1. The van der Waals surface area contributed by atoms with E-state index in [1.54, 1.807) is 7.11 Å². The number of para-hydroxylation sites is 1. The first-order valence-electron chi connectivity index (χ1n) is 9.05. The molecule has 1 aromatic carbocycles. The average molecular weight is 317 g/mol. The molecule has 4 nitrogen and oxygen atoms in total. The zero-order valence-corrected chi connectivity index (χ0v) is 14.7. The van der Waals surface area contributed by atoms with Gasteiger partial charge < -0.3 is 9.64 Å². The smallest absolute Gasteiger partial charge is 0.122 e. The van der Waals surface area contributed by atoms with Crippen LogP contribution in [0.1, 0.15) is 44.6 Å². The summed E-state index contributed by atoms with van der Waals surface area (Å²) < 4.78 is 5.54. The van der Waals surface area contributed by atoms with Crippen LogP contribution in [0.15, 0.2) is 24.3 Å². The van der Waals surface area contributed by atoms with Crippen LogP contribution in [0.4, 0.5) is 0 Å². The van der Waals surface area contributed by atoms with Crippen molar-refractivity contribution >= 4 is 0 Å². The van der Waals surface area contributed by atoms with Gasteiger partial charge in [0.2, 0.25) is 0 Å². The Morgan fingerprint density at radius 2 is 1.74 bits per heavy atom. The van der Waals surface area contributed by atoms with Crippen molar-refractivity contribution in [3.05, 3.63) is 29.8 Å². The molecule has 0 saturated carbocycles. The summed E-state index contributed by atoms with van der Waals surface area (Å²) in [5, 5.41) is 0. The van der Waals surface area contributed by atoms with Crippen molar-refractivity contribution in [3.63, 3.8) is 0 Å². The summed E-state index contributed by atoms with van der Waals surface area (Å²) in [4.78, 5) is 2.64. The Kier molecular flexibility index (Phi) is 5.57. The van der Waals surface area contributed by atoms with Gasteiger partial charge in [-0.05, 0) is 76.2 Å². The van der Waals surface area contributed by atoms with Crippen LogP contribution < -0.4 is 15.6 Å². The van der Waals surface area contributed by atoms with Gasteiger partial charge in [0.25, 0.3) is 0 Å². The third-order valence-electron chi connectivity index (χ3n) is 5.77. The zero-order chi connectivity index (χ0) is 16.2. The maximum Gasteiger partial charge on any atom is 0.122 e. The second kappa shape index (κ2) is 7.65. The molecule has 0 aromatic heterocycles. The second-order valence-electron chi connectivity index (χ2n) is 7.18. The number of nitrogens with one attached hydrogen (secondary N) is 2. The lowest BCUT2D eigenvalue weighted by Crippen LogP contribution is -2.36. The van der Waals surface area contributed by atoms with Crippen molar-refractivity contribution in [1.29, 1.82) is 0 Å². The van der Waals surface area contributed by atoms with E-state index >= 15 is 0 Å². The molecule has 0 bridgehead atoms. The van der Waals surface area contributed by atoms with Crippen LogP contribution in [0.5, 0.6) is 5.75 Å². The van der Waals surface area contributed by atoms with Gasteiger partial charge in [-0.3, -0.25) is 10.9 Å². The molecule has 23 heavy (non-hydrogen) atoms. The number of benzene rings is 1. The highest BCUT2D eigenvalue weighted by Gasteiger charge is 2.30. The quantitative estimate of drug-likeness (QED) is 0.875. The number of methoxy groups -OCH3 is 1. The molecule has 2 aliphatic heterocycles. The minimum Gasteiger partial charge on any atom is -0.496 e. The Morgan fingerprint density at radius 1 is 1.09 bits per heavy atom. The number of rotatable bonds is 5. The molecule has 2 N–H and O–H groups in total. The first kappa shape index (κ1) is 16.7. The molecule has 0 aliphatic carbocycles. The monoisotopic (exact) mass is 317 g/mol. The van der Waals surface area contributed by atoms with E-state index in [0.29, 0.717) is 18.0 Å². The molecule has 0 spiro atoms.